The van der Waals surface area contributed by atoms with E-state index in [4.69, 9.17) is 9.47 Å². The first-order chi connectivity index (χ1) is 9.72. The highest BCUT2D eigenvalue weighted by Gasteiger charge is 2.31. The number of carbonyl (C=O) groups excluding carboxylic acids is 1. The minimum Gasteiger partial charge on any atom is -0.478 e. The number of ether oxygens (including phenoxy) is 2. The lowest BCUT2D eigenvalue weighted by Crippen LogP contribution is -2.20. The molecule has 110 valence electrons. The van der Waals surface area contributed by atoms with E-state index in [1.54, 1.807) is 6.07 Å². The minimum atomic E-state index is -0.0884. The molecule has 1 aliphatic carbocycles. The lowest BCUT2D eigenvalue weighted by molar-refractivity contribution is -0.147. The third-order valence-electron chi connectivity index (χ3n) is 3.34. The topological polar surface area (TPSA) is 73.3 Å². The monoisotopic (exact) mass is 279 g/mol. The van der Waals surface area contributed by atoms with Crippen LogP contribution in [0.5, 0.6) is 5.88 Å². The van der Waals surface area contributed by atoms with Crippen LogP contribution in [0.25, 0.3) is 0 Å². The molecular weight excluding hydrogens is 258 g/mol. The van der Waals surface area contributed by atoms with Gasteiger partial charge in [0.1, 0.15) is 12.1 Å². The van der Waals surface area contributed by atoms with Crippen LogP contribution in [0.2, 0.25) is 0 Å². The van der Waals surface area contributed by atoms with Crippen LogP contribution in [-0.2, 0) is 9.53 Å². The van der Waals surface area contributed by atoms with E-state index in [2.05, 4.69) is 15.3 Å². The molecule has 1 heterocycles. The summed E-state index contributed by atoms with van der Waals surface area (Å²) in [6.45, 7) is 4.76. The van der Waals surface area contributed by atoms with Gasteiger partial charge in [-0.2, -0.15) is 0 Å². The smallest absolute Gasteiger partial charge is 0.308 e. The summed E-state index contributed by atoms with van der Waals surface area (Å²) in [5.74, 6) is 1.21. The molecule has 1 saturated carbocycles. The van der Waals surface area contributed by atoms with Crippen molar-refractivity contribution in [3.63, 3.8) is 0 Å². The van der Waals surface area contributed by atoms with Crippen molar-refractivity contribution >= 4 is 11.8 Å². The molecule has 2 unspecified atom stereocenters. The molecule has 0 aromatic carbocycles. The van der Waals surface area contributed by atoms with Crippen molar-refractivity contribution in [1.82, 2.24) is 9.97 Å². The van der Waals surface area contributed by atoms with Crippen LogP contribution < -0.4 is 10.1 Å². The Morgan fingerprint density at radius 2 is 2.20 bits per heavy atom. The Kier molecular flexibility index (Phi) is 5.15. The first-order valence-electron chi connectivity index (χ1n) is 7.11. The summed E-state index contributed by atoms with van der Waals surface area (Å²) in [4.78, 5) is 19.9. The van der Waals surface area contributed by atoms with E-state index in [1.807, 2.05) is 13.8 Å². The number of aromatic nitrogens is 2. The molecule has 1 aromatic heterocycles. The number of nitrogens with one attached hydrogen (secondary N) is 1. The molecule has 0 saturated heterocycles. The molecule has 1 N–H and O–H groups in total. The summed E-state index contributed by atoms with van der Waals surface area (Å²) < 4.78 is 10.4. The largest absolute Gasteiger partial charge is 0.478 e. The Hall–Kier alpha value is -1.85. The van der Waals surface area contributed by atoms with Crippen molar-refractivity contribution in [2.75, 3.05) is 18.5 Å². The van der Waals surface area contributed by atoms with Crippen molar-refractivity contribution in [2.24, 2.45) is 5.92 Å². The number of nitrogens with zero attached hydrogens (tertiary/aromatic N) is 2. The van der Waals surface area contributed by atoms with Gasteiger partial charge in [-0.1, -0.05) is 0 Å². The Morgan fingerprint density at radius 3 is 2.95 bits per heavy atom. The Morgan fingerprint density at radius 1 is 1.35 bits per heavy atom. The number of hydrogen-bond donors (Lipinski definition) is 1. The van der Waals surface area contributed by atoms with E-state index in [1.165, 1.54) is 6.33 Å². The van der Waals surface area contributed by atoms with Gasteiger partial charge in [-0.15, -0.1) is 0 Å². The van der Waals surface area contributed by atoms with E-state index in [0.29, 0.717) is 19.1 Å². The lowest BCUT2D eigenvalue weighted by Gasteiger charge is -2.14. The maximum Gasteiger partial charge on any atom is 0.308 e. The Labute approximate surface area is 118 Å². The molecule has 0 amide bonds. The van der Waals surface area contributed by atoms with Gasteiger partial charge in [0, 0.05) is 12.1 Å². The fourth-order valence-corrected chi connectivity index (χ4v) is 2.44. The van der Waals surface area contributed by atoms with Crippen molar-refractivity contribution in [3.05, 3.63) is 12.4 Å². The molecule has 6 nitrogen and oxygen atoms in total. The maximum atomic E-state index is 11.7. The zero-order chi connectivity index (χ0) is 14.4. The van der Waals surface area contributed by atoms with Crippen LogP contribution in [0.4, 0.5) is 5.82 Å². The fraction of sp³-hybridized carbons (Fsp3) is 0.643. The van der Waals surface area contributed by atoms with Gasteiger partial charge < -0.3 is 14.8 Å². The highest BCUT2D eigenvalue weighted by molar-refractivity contribution is 5.73. The molecule has 2 atom stereocenters. The van der Waals surface area contributed by atoms with Gasteiger partial charge in [-0.05, 0) is 33.1 Å². The van der Waals surface area contributed by atoms with Gasteiger partial charge in [-0.25, -0.2) is 9.97 Å². The van der Waals surface area contributed by atoms with Gasteiger partial charge in [-0.3, -0.25) is 4.79 Å². The quantitative estimate of drug-likeness (QED) is 0.803. The van der Waals surface area contributed by atoms with Crippen LogP contribution in [0.1, 0.15) is 33.1 Å². The first kappa shape index (κ1) is 14.6. The summed E-state index contributed by atoms with van der Waals surface area (Å²) in [6.07, 6.45) is 4.06. The second kappa shape index (κ2) is 7.07. The van der Waals surface area contributed by atoms with Crippen molar-refractivity contribution < 1.29 is 14.3 Å². The molecule has 1 aliphatic rings. The van der Waals surface area contributed by atoms with Crippen molar-refractivity contribution in [1.29, 1.82) is 0 Å². The van der Waals surface area contributed by atoms with Crippen LogP contribution in [0.15, 0.2) is 12.4 Å². The molecule has 0 spiro atoms. The summed E-state index contributed by atoms with van der Waals surface area (Å²) >= 11 is 0. The molecule has 1 fully saturated rings. The molecule has 0 bridgehead atoms. The second-order valence-corrected chi connectivity index (χ2v) is 4.78. The minimum absolute atomic E-state index is 0.000601. The van der Waals surface area contributed by atoms with Gasteiger partial charge in [0.15, 0.2) is 0 Å². The number of anilines is 1. The van der Waals surface area contributed by atoms with Gasteiger partial charge in [0.05, 0.1) is 19.1 Å². The second-order valence-electron chi connectivity index (χ2n) is 4.78. The fourth-order valence-electron chi connectivity index (χ4n) is 2.44. The van der Waals surface area contributed by atoms with Gasteiger partial charge in [0.2, 0.25) is 5.88 Å². The number of hydrogen-bond acceptors (Lipinski definition) is 6. The summed E-state index contributed by atoms with van der Waals surface area (Å²) in [5.41, 5.74) is 0. The SMILES string of the molecule is CCOC(=O)C1CCC(Nc2cc(OCC)ncn2)C1. The van der Waals surface area contributed by atoms with E-state index in [-0.39, 0.29) is 17.9 Å². The molecule has 6 heteroatoms. The third kappa shape index (κ3) is 3.82. The van der Waals surface area contributed by atoms with E-state index in [0.717, 1.165) is 25.1 Å². The van der Waals surface area contributed by atoms with E-state index in [9.17, 15) is 4.79 Å². The molecule has 0 aliphatic heterocycles. The molecule has 1 aromatic rings. The highest BCUT2D eigenvalue weighted by atomic mass is 16.5. The summed E-state index contributed by atoms with van der Waals surface area (Å²) in [5, 5.41) is 3.33. The first-order valence-corrected chi connectivity index (χ1v) is 7.11. The standard InChI is InChI=1S/C14H21N3O3/c1-3-19-13-8-12(15-9-16-13)17-11-6-5-10(7-11)14(18)20-4-2/h8-11H,3-7H2,1-2H3,(H,15,16,17). The third-order valence-corrected chi connectivity index (χ3v) is 3.34. The molecule has 2 rings (SSSR count). The molecular formula is C14H21N3O3. The van der Waals surface area contributed by atoms with Crippen LogP contribution >= 0.6 is 0 Å². The van der Waals surface area contributed by atoms with Crippen LogP contribution in [0.3, 0.4) is 0 Å². The number of esters is 1. The summed E-state index contributed by atoms with van der Waals surface area (Å²) in [7, 11) is 0. The van der Waals surface area contributed by atoms with Gasteiger partial charge >= 0.3 is 5.97 Å². The van der Waals surface area contributed by atoms with Crippen LogP contribution in [-0.4, -0.2) is 35.2 Å². The Bertz CT molecular complexity index is 453. The predicted molar refractivity (Wildman–Crippen MR) is 74.6 cm³/mol. The summed E-state index contributed by atoms with van der Waals surface area (Å²) in [6, 6.07) is 2.02. The predicted octanol–water partition coefficient (Wildman–Crippen LogP) is 2.02. The zero-order valence-electron chi connectivity index (χ0n) is 12.0. The lowest BCUT2D eigenvalue weighted by atomic mass is 10.1. The zero-order valence-corrected chi connectivity index (χ0v) is 12.0. The number of rotatable bonds is 6. The molecule has 0 radical (unpaired) electrons. The van der Waals surface area contributed by atoms with Crippen molar-refractivity contribution in [2.45, 2.75) is 39.2 Å². The van der Waals surface area contributed by atoms with Crippen LogP contribution in [0, 0.1) is 5.92 Å². The van der Waals surface area contributed by atoms with Gasteiger partial charge in [0.25, 0.3) is 0 Å². The maximum absolute atomic E-state index is 11.7. The molecule has 20 heavy (non-hydrogen) atoms. The average molecular weight is 279 g/mol. The van der Waals surface area contributed by atoms with Crippen molar-refractivity contribution in [3.8, 4) is 5.88 Å². The van der Waals surface area contributed by atoms with E-state index < -0.39 is 0 Å². The van der Waals surface area contributed by atoms with E-state index >= 15 is 0 Å². The average Bonchev–Trinajstić information content (AvgIpc) is 2.88. The number of carbonyl (C=O) groups is 1. The normalized spacial score (nSPS) is 21.5. The highest BCUT2D eigenvalue weighted by Crippen LogP contribution is 2.29. The Balaban J connectivity index is 1.88.